The van der Waals surface area contributed by atoms with E-state index in [-0.39, 0.29) is 5.91 Å². The van der Waals surface area contributed by atoms with E-state index < -0.39 is 0 Å². The largest absolute Gasteiger partial charge is 0.296 e. The minimum absolute atomic E-state index is 0.137. The Morgan fingerprint density at radius 1 is 1.12 bits per heavy atom. The number of carbonyl (C=O) groups excluding carboxylic acids is 1. The van der Waals surface area contributed by atoms with Gasteiger partial charge in [0.2, 0.25) is 5.91 Å². The van der Waals surface area contributed by atoms with Crippen LogP contribution >= 0.6 is 11.6 Å². The number of amides is 1. The first kappa shape index (κ1) is 15.2. The molecule has 0 fully saturated rings. The van der Waals surface area contributed by atoms with E-state index in [0.29, 0.717) is 18.0 Å². The summed E-state index contributed by atoms with van der Waals surface area (Å²) in [4.78, 5) is 19.2. The van der Waals surface area contributed by atoms with Crippen LogP contribution in [0.3, 0.4) is 0 Å². The van der Waals surface area contributed by atoms with Gasteiger partial charge in [0.15, 0.2) is 0 Å². The first-order chi connectivity index (χ1) is 11.7. The summed E-state index contributed by atoms with van der Waals surface area (Å²) < 4.78 is 0. The molecule has 1 aliphatic heterocycles. The number of aromatic nitrogens is 1. The molecule has 0 atom stereocenters. The van der Waals surface area contributed by atoms with Gasteiger partial charge in [0.1, 0.15) is 5.82 Å². The highest BCUT2D eigenvalue weighted by Gasteiger charge is 2.26. The molecule has 4 heteroatoms. The number of halogens is 1. The molecule has 1 aliphatic rings. The molecule has 2 heterocycles. The van der Waals surface area contributed by atoms with E-state index >= 15 is 0 Å². The van der Waals surface area contributed by atoms with E-state index in [1.54, 1.807) is 0 Å². The third-order valence-electron chi connectivity index (χ3n) is 4.46. The highest BCUT2D eigenvalue weighted by Crippen LogP contribution is 2.31. The molecule has 2 aromatic carbocycles. The monoisotopic (exact) mass is 336 g/mol. The minimum Gasteiger partial charge on any atom is -0.296 e. The molecular formula is C20H17ClN2O. The summed E-state index contributed by atoms with van der Waals surface area (Å²) in [5.41, 5.74) is 3.19. The van der Waals surface area contributed by atoms with E-state index in [9.17, 15) is 4.79 Å². The Morgan fingerprint density at radius 3 is 2.79 bits per heavy atom. The Labute approximate surface area is 145 Å². The SMILES string of the molecule is O=C(CCc1ccccc1)N1CCc2cc3cc(Cl)ccc3nc21. The molecule has 0 spiro atoms. The molecule has 3 nitrogen and oxygen atoms in total. The lowest BCUT2D eigenvalue weighted by atomic mass is 10.1. The van der Waals surface area contributed by atoms with Gasteiger partial charge in [-0.05, 0) is 48.2 Å². The first-order valence-corrected chi connectivity index (χ1v) is 8.52. The molecule has 0 unspecified atom stereocenters. The zero-order valence-electron chi connectivity index (χ0n) is 13.2. The maximum absolute atomic E-state index is 12.6. The van der Waals surface area contributed by atoms with Crippen molar-refractivity contribution in [2.24, 2.45) is 0 Å². The van der Waals surface area contributed by atoms with E-state index in [1.165, 1.54) is 5.56 Å². The number of hydrogen-bond donors (Lipinski definition) is 0. The standard InChI is InChI=1S/C20H17ClN2O/c21-17-7-8-18-16(13-17)12-15-10-11-23(20(15)22-18)19(24)9-6-14-4-2-1-3-5-14/h1-5,7-8,12-13H,6,9-11H2. The lowest BCUT2D eigenvalue weighted by Crippen LogP contribution is -2.29. The summed E-state index contributed by atoms with van der Waals surface area (Å²) in [6.45, 7) is 0.708. The van der Waals surface area contributed by atoms with E-state index in [2.05, 4.69) is 18.2 Å². The molecule has 3 aromatic rings. The Bertz CT molecular complexity index is 908. The first-order valence-electron chi connectivity index (χ1n) is 8.14. The zero-order valence-corrected chi connectivity index (χ0v) is 14.0. The second-order valence-electron chi connectivity index (χ2n) is 6.09. The molecule has 4 rings (SSSR count). The minimum atomic E-state index is 0.137. The lowest BCUT2D eigenvalue weighted by molar-refractivity contribution is -0.118. The molecule has 0 saturated carbocycles. The van der Waals surface area contributed by atoms with E-state index in [4.69, 9.17) is 16.6 Å². The van der Waals surface area contributed by atoms with Crippen molar-refractivity contribution in [2.75, 3.05) is 11.4 Å². The van der Waals surface area contributed by atoms with Crippen LogP contribution in [0.25, 0.3) is 10.9 Å². The second kappa shape index (κ2) is 6.25. The summed E-state index contributed by atoms with van der Waals surface area (Å²) in [7, 11) is 0. The fourth-order valence-electron chi connectivity index (χ4n) is 3.21. The van der Waals surface area contributed by atoms with Gasteiger partial charge in [0.25, 0.3) is 0 Å². The Morgan fingerprint density at radius 2 is 1.96 bits per heavy atom. The Balaban J connectivity index is 1.56. The van der Waals surface area contributed by atoms with Crippen LogP contribution in [-0.2, 0) is 17.6 Å². The van der Waals surface area contributed by atoms with Gasteiger partial charge in [-0.3, -0.25) is 9.69 Å². The smallest absolute Gasteiger partial charge is 0.228 e. The highest BCUT2D eigenvalue weighted by molar-refractivity contribution is 6.31. The number of rotatable bonds is 3. The summed E-state index contributed by atoms with van der Waals surface area (Å²) in [6, 6.07) is 17.9. The number of nitrogens with zero attached hydrogens (tertiary/aromatic N) is 2. The van der Waals surface area contributed by atoms with Crippen molar-refractivity contribution in [1.82, 2.24) is 4.98 Å². The maximum Gasteiger partial charge on any atom is 0.228 e. The third kappa shape index (κ3) is 2.87. The highest BCUT2D eigenvalue weighted by atomic mass is 35.5. The molecule has 0 radical (unpaired) electrons. The van der Waals surface area contributed by atoms with Crippen LogP contribution in [0.2, 0.25) is 5.02 Å². The fourth-order valence-corrected chi connectivity index (χ4v) is 3.39. The van der Waals surface area contributed by atoms with Crippen LogP contribution in [0.4, 0.5) is 5.82 Å². The number of benzene rings is 2. The number of fused-ring (bicyclic) bond motifs is 2. The van der Waals surface area contributed by atoms with Gasteiger partial charge in [-0.1, -0.05) is 41.9 Å². The quantitative estimate of drug-likeness (QED) is 0.709. The predicted octanol–water partition coefficient (Wildman–Crippen LogP) is 4.41. The molecule has 24 heavy (non-hydrogen) atoms. The average Bonchev–Trinajstić information content (AvgIpc) is 3.01. The van der Waals surface area contributed by atoms with Crippen LogP contribution in [0.1, 0.15) is 17.5 Å². The van der Waals surface area contributed by atoms with Crippen LogP contribution in [-0.4, -0.2) is 17.4 Å². The van der Waals surface area contributed by atoms with Gasteiger partial charge in [0.05, 0.1) is 5.52 Å². The van der Waals surface area contributed by atoms with Gasteiger partial charge in [-0.2, -0.15) is 0 Å². The molecule has 0 bridgehead atoms. The van der Waals surface area contributed by atoms with Crippen LogP contribution in [0.5, 0.6) is 0 Å². The molecule has 0 saturated heterocycles. The van der Waals surface area contributed by atoms with Crippen LogP contribution in [0, 0.1) is 0 Å². The normalized spacial score (nSPS) is 13.3. The van der Waals surface area contributed by atoms with Crippen molar-refractivity contribution in [2.45, 2.75) is 19.3 Å². The van der Waals surface area contributed by atoms with Crippen molar-refractivity contribution >= 4 is 34.2 Å². The number of aryl methyl sites for hydroxylation is 1. The van der Waals surface area contributed by atoms with Gasteiger partial charge >= 0.3 is 0 Å². The number of anilines is 1. The summed E-state index contributed by atoms with van der Waals surface area (Å²) >= 11 is 6.06. The predicted molar refractivity (Wildman–Crippen MR) is 97.6 cm³/mol. The Hall–Kier alpha value is -2.39. The molecule has 1 amide bonds. The molecule has 1 aromatic heterocycles. The molecule has 0 N–H and O–H groups in total. The van der Waals surface area contributed by atoms with Crippen LogP contribution in [0.15, 0.2) is 54.6 Å². The third-order valence-corrected chi connectivity index (χ3v) is 4.70. The van der Waals surface area contributed by atoms with Crippen molar-refractivity contribution in [3.8, 4) is 0 Å². The summed E-state index contributed by atoms with van der Waals surface area (Å²) in [6.07, 6.45) is 2.11. The Kier molecular flexibility index (Phi) is 3.95. The van der Waals surface area contributed by atoms with E-state index in [0.717, 1.165) is 35.1 Å². The summed E-state index contributed by atoms with van der Waals surface area (Å²) in [5, 5.41) is 1.73. The maximum atomic E-state index is 12.6. The topological polar surface area (TPSA) is 33.2 Å². The van der Waals surface area contributed by atoms with E-state index in [1.807, 2.05) is 41.3 Å². The molecule has 0 aliphatic carbocycles. The van der Waals surface area contributed by atoms with Crippen LogP contribution < -0.4 is 4.90 Å². The zero-order chi connectivity index (χ0) is 16.5. The summed E-state index contributed by atoms with van der Waals surface area (Å²) in [5.74, 6) is 0.946. The van der Waals surface area contributed by atoms with Crippen molar-refractivity contribution in [3.63, 3.8) is 0 Å². The molecule has 120 valence electrons. The number of hydrogen-bond acceptors (Lipinski definition) is 2. The number of pyridine rings is 1. The second-order valence-corrected chi connectivity index (χ2v) is 6.53. The van der Waals surface area contributed by atoms with Crippen molar-refractivity contribution in [3.05, 3.63) is 70.7 Å². The van der Waals surface area contributed by atoms with Crippen molar-refractivity contribution in [1.29, 1.82) is 0 Å². The lowest BCUT2D eigenvalue weighted by Gasteiger charge is -2.16. The van der Waals surface area contributed by atoms with Gasteiger partial charge in [-0.25, -0.2) is 4.98 Å². The van der Waals surface area contributed by atoms with Crippen molar-refractivity contribution < 1.29 is 4.79 Å². The fraction of sp³-hybridized carbons (Fsp3) is 0.200. The average molecular weight is 337 g/mol. The molecular weight excluding hydrogens is 320 g/mol. The van der Waals surface area contributed by atoms with Gasteiger partial charge in [0, 0.05) is 23.4 Å². The number of carbonyl (C=O) groups is 1. The van der Waals surface area contributed by atoms with Gasteiger partial charge < -0.3 is 0 Å². The van der Waals surface area contributed by atoms with Gasteiger partial charge in [-0.15, -0.1) is 0 Å².